The van der Waals surface area contributed by atoms with E-state index in [2.05, 4.69) is 27.8 Å². The van der Waals surface area contributed by atoms with Crippen molar-refractivity contribution in [1.82, 2.24) is 15.5 Å². The summed E-state index contributed by atoms with van der Waals surface area (Å²) in [6.45, 7) is 9.56. The molecule has 1 heterocycles. The van der Waals surface area contributed by atoms with E-state index in [4.69, 9.17) is 4.74 Å². The zero-order valence-corrected chi connectivity index (χ0v) is 14.7. The molecule has 1 aromatic rings. The SMILES string of the molecule is CC1CCC(CNCc2cn[nH]c2NC(=O)OC(C)(C)C)CC1. The van der Waals surface area contributed by atoms with E-state index in [9.17, 15) is 4.79 Å². The van der Waals surface area contributed by atoms with Crippen molar-refractivity contribution in [2.24, 2.45) is 11.8 Å². The third kappa shape index (κ3) is 6.22. The average Bonchev–Trinajstić information content (AvgIpc) is 2.86. The zero-order chi connectivity index (χ0) is 16.9. The minimum Gasteiger partial charge on any atom is -0.444 e. The summed E-state index contributed by atoms with van der Waals surface area (Å²) >= 11 is 0. The first-order valence-corrected chi connectivity index (χ1v) is 8.56. The molecule has 0 spiro atoms. The van der Waals surface area contributed by atoms with Crippen molar-refractivity contribution in [2.45, 2.75) is 65.5 Å². The Kier molecular flexibility index (Phi) is 6.04. The summed E-state index contributed by atoms with van der Waals surface area (Å²) in [5.74, 6) is 2.24. The first kappa shape index (κ1) is 17.8. The summed E-state index contributed by atoms with van der Waals surface area (Å²) in [6.07, 6.45) is 6.56. The predicted octanol–water partition coefficient (Wildman–Crippen LogP) is 3.67. The van der Waals surface area contributed by atoms with Crippen molar-refractivity contribution in [2.75, 3.05) is 11.9 Å². The van der Waals surface area contributed by atoms with Crippen molar-refractivity contribution < 1.29 is 9.53 Å². The van der Waals surface area contributed by atoms with Gasteiger partial charge in [0.1, 0.15) is 11.4 Å². The molecule has 1 aromatic heterocycles. The zero-order valence-electron chi connectivity index (χ0n) is 14.7. The van der Waals surface area contributed by atoms with Gasteiger partial charge in [0, 0.05) is 12.1 Å². The highest BCUT2D eigenvalue weighted by atomic mass is 16.6. The molecule has 6 nitrogen and oxygen atoms in total. The van der Waals surface area contributed by atoms with Crippen LogP contribution in [-0.4, -0.2) is 28.4 Å². The van der Waals surface area contributed by atoms with E-state index in [0.717, 1.165) is 23.9 Å². The van der Waals surface area contributed by atoms with Crippen LogP contribution in [0, 0.1) is 11.8 Å². The highest BCUT2D eigenvalue weighted by molar-refractivity contribution is 5.84. The molecule has 23 heavy (non-hydrogen) atoms. The predicted molar refractivity (Wildman–Crippen MR) is 91.3 cm³/mol. The van der Waals surface area contributed by atoms with Crippen LogP contribution in [0.15, 0.2) is 6.20 Å². The smallest absolute Gasteiger partial charge is 0.413 e. The van der Waals surface area contributed by atoms with E-state index in [1.165, 1.54) is 25.7 Å². The van der Waals surface area contributed by atoms with Crippen LogP contribution in [0.4, 0.5) is 10.6 Å². The molecule has 1 fully saturated rings. The van der Waals surface area contributed by atoms with Gasteiger partial charge in [-0.15, -0.1) is 0 Å². The lowest BCUT2D eigenvalue weighted by atomic mass is 9.83. The Labute approximate surface area is 138 Å². The van der Waals surface area contributed by atoms with Crippen LogP contribution in [0.1, 0.15) is 58.9 Å². The molecular weight excluding hydrogens is 292 g/mol. The molecule has 1 aliphatic rings. The molecule has 3 N–H and O–H groups in total. The molecule has 6 heteroatoms. The lowest BCUT2D eigenvalue weighted by molar-refractivity contribution is 0.0635. The number of nitrogens with zero attached hydrogens (tertiary/aromatic N) is 1. The van der Waals surface area contributed by atoms with E-state index in [1.54, 1.807) is 6.20 Å². The molecule has 1 saturated carbocycles. The number of H-pyrrole nitrogens is 1. The molecule has 0 atom stereocenters. The molecule has 0 bridgehead atoms. The second kappa shape index (κ2) is 7.81. The number of anilines is 1. The fraction of sp³-hybridized carbons (Fsp3) is 0.765. The van der Waals surface area contributed by atoms with Gasteiger partial charge in [-0.25, -0.2) is 4.79 Å². The van der Waals surface area contributed by atoms with E-state index in [0.29, 0.717) is 12.4 Å². The topological polar surface area (TPSA) is 79.0 Å². The molecule has 1 aliphatic carbocycles. The molecule has 130 valence electrons. The van der Waals surface area contributed by atoms with Crippen molar-refractivity contribution in [3.05, 3.63) is 11.8 Å². The number of carbonyl (C=O) groups excluding carboxylic acids is 1. The number of aromatic nitrogens is 2. The van der Waals surface area contributed by atoms with Crippen LogP contribution in [-0.2, 0) is 11.3 Å². The Morgan fingerprint density at radius 1 is 1.35 bits per heavy atom. The third-order valence-electron chi connectivity index (χ3n) is 4.23. The Hall–Kier alpha value is -1.56. The van der Waals surface area contributed by atoms with Gasteiger partial charge < -0.3 is 10.1 Å². The maximum Gasteiger partial charge on any atom is 0.413 e. The summed E-state index contributed by atoms with van der Waals surface area (Å²) < 4.78 is 5.26. The quantitative estimate of drug-likeness (QED) is 0.773. The van der Waals surface area contributed by atoms with Crippen LogP contribution in [0.2, 0.25) is 0 Å². The number of aromatic amines is 1. The second-order valence-electron chi connectivity index (χ2n) is 7.65. The number of rotatable bonds is 5. The van der Waals surface area contributed by atoms with Gasteiger partial charge in [0.25, 0.3) is 0 Å². The van der Waals surface area contributed by atoms with Gasteiger partial charge in [0.15, 0.2) is 0 Å². The Morgan fingerprint density at radius 2 is 2.04 bits per heavy atom. The summed E-state index contributed by atoms with van der Waals surface area (Å²) in [4.78, 5) is 11.8. The number of hydrogen-bond acceptors (Lipinski definition) is 4. The standard InChI is InChI=1S/C17H30N4O2/c1-12-5-7-13(8-6-12)9-18-10-14-11-19-21-15(14)20-16(22)23-17(2,3)4/h11-13,18H,5-10H2,1-4H3,(H2,19,20,21,22). The monoisotopic (exact) mass is 322 g/mol. The third-order valence-corrected chi connectivity index (χ3v) is 4.23. The Bertz CT molecular complexity index is 499. The lowest BCUT2D eigenvalue weighted by Crippen LogP contribution is -2.28. The molecule has 1 amide bonds. The molecule has 0 radical (unpaired) electrons. The first-order chi connectivity index (χ1) is 10.8. The van der Waals surface area contributed by atoms with E-state index in [-0.39, 0.29) is 0 Å². The Balaban J connectivity index is 1.76. The van der Waals surface area contributed by atoms with Crippen LogP contribution in [0.3, 0.4) is 0 Å². The Morgan fingerprint density at radius 3 is 2.70 bits per heavy atom. The molecule has 0 aromatic carbocycles. The second-order valence-corrected chi connectivity index (χ2v) is 7.65. The maximum atomic E-state index is 11.8. The van der Waals surface area contributed by atoms with E-state index in [1.807, 2.05) is 20.8 Å². The molecule has 0 saturated heterocycles. The molecular formula is C17H30N4O2. The minimum absolute atomic E-state index is 0.468. The van der Waals surface area contributed by atoms with Crippen molar-refractivity contribution in [3.8, 4) is 0 Å². The van der Waals surface area contributed by atoms with Gasteiger partial charge in [-0.3, -0.25) is 10.4 Å². The fourth-order valence-electron chi connectivity index (χ4n) is 2.90. The summed E-state index contributed by atoms with van der Waals surface area (Å²) in [5.41, 5.74) is 0.431. The van der Waals surface area contributed by atoms with E-state index < -0.39 is 11.7 Å². The summed E-state index contributed by atoms with van der Waals surface area (Å²) in [6, 6.07) is 0. The first-order valence-electron chi connectivity index (χ1n) is 8.56. The summed E-state index contributed by atoms with van der Waals surface area (Å²) in [7, 11) is 0. The van der Waals surface area contributed by atoms with Gasteiger partial charge in [-0.1, -0.05) is 19.8 Å². The van der Waals surface area contributed by atoms with Crippen LogP contribution in [0.5, 0.6) is 0 Å². The number of nitrogens with one attached hydrogen (secondary N) is 3. The van der Waals surface area contributed by atoms with E-state index >= 15 is 0 Å². The van der Waals surface area contributed by atoms with Gasteiger partial charge in [-0.05, 0) is 52.0 Å². The number of carbonyl (C=O) groups is 1. The average molecular weight is 322 g/mol. The number of ether oxygens (including phenoxy) is 1. The van der Waals surface area contributed by atoms with Crippen LogP contribution >= 0.6 is 0 Å². The van der Waals surface area contributed by atoms with Gasteiger partial charge in [0.2, 0.25) is 0 Å². The van der Waals surface area contributed by atoms with Gasteiger partial charge in [0.05, 0.1) is 6.20 Å². The van der Waals surface area contributed by atoms with Crippen molar-refractivity contribution >= 4 is 11.9 Å². The maximum absolute atomic E-state index is 11.8. The number of amides is 1. The van der Waals surface area contributed by atoms with Crippen LogP contribution in [0.25, 0.3) is 0 Å². The van der Waals surface area contributed by atoms with Crippen molar-refractivity contribution in [3.63, 3.8) is 0 Å². The normalized spacial score (nSPS) is 21.9. The lowest BCUT2D eigenvalue weighted by Gasteiger charge is -2.26. The van der Waals surface area contributed by atoms with Gasteiger partial charge >= 0.3 is 6.09 Å². The number of hydrogen-bond donors (Lipinski definition) is 3. The highest BCUT2D eigenvalue weighted by Crippen LogP contribution is 2.27. The van der Waals surface area contributed by atoms with Crippen molar-refractivity contribution in [1.29, 1.82) is 0 Å². The molecule has 0 unspecified atom stereocenters. The van der Waals surface area contributed by atoms with Crippen LogP contribution < -0.4 is 10.6 Å². The molecule has 2 rings (SSSR count). The fourth-order valence-corrected chi connectivity index (χ4v) is 2.90. The summed E-state index contributed by atoms with van der Waals surface area (Å²) in [5, 5.41) is 13.0. The largest absolute Gasteiger partial charge is 0.444 e. The minimum atomic E-state index is -0.513. The molecule has 0 aliphatic heterocycles. The highest BCUT2D eigenvalue weighted by Gasteiger charge is 2.19. The van der Waals surface area contributed by atoms with Gasteiger partial charge in [-0.2, -0.15) is 5.10 Å².